The van der Waals surface area contributed by atoms with Crippen molar-refractivity contribution in [3.8, 4) is 23.0 Å². The maximum atomic E-state index is 5.60. The number of hydrogen-bond donors (Lipinski definition) is 0. The normalized spacial score (nSPS) is 10.2. The van der Waals surface area contributed by atoms with Crippen LogP contribution >= 0.6 is 11.6 Å². The van der Waals surface area contributed by atoms with Crippen LogP contribution in [0.1, 0.15) is 0 Å². The lowest BCUT2D eigenvalue weighted by Crippen LogP contribution is -1.92. The van der Waals surface area contributed by atoms with E-state index in [0.29, 0.717) is 17.1 Å². The summed E-state index contributed by atoms with van der Waals surface area (Å²) in [5.41, 5.74) is 0.590. The summed E-state index contributed by atoms with van der Waals surface area (Å²) in [5, 5.41) is 3.56. The second-order valence-corrected chi connectivity index (χ2v) is 3.24. The van der Waals surface area contributed by atoms with E-state index in [1.54, 1.807) is 32.4 Å². The molecule has 2 rings (SSSR count). The van der Waals surface area contributed by atoms with Gasteiger partial charge in [0.2, 0.25) is 0 Å². The highest BCUT2D eigenvalue weighted by Gasteiger charge is 2.18. The van der Waals surface area contributed by atoms with E-state index in [1.807, 2.05) is 0 Å². The molecule has 0 N–H and O–H groups in total. The van der Waals surface area contributed by atoms with E-state index in [-0.39, 0.29) is 11.2 Å². The Morgan fingerprint density at radius 2 is 1.81 bits per heavy atom. The van der Waals surface area contributed by atoms with Crippen LogP contribution in [0.15, 0.2) is 22.7 Å². The van der Waals surface area contributed by atoms with E-state index < -0.39 is 0 Å². The van der Waals surface area contributed by atoms with Crippen molar-refractivity contribution in [2.75, 3.05) is 14.2 Å². The Kier molecular flexibility index (Phi) is 2.96. The molecule has 1 aromatic carbocycles. The molecule has 0 aliphatic heterocycles. The minimum absolute atomic E-state index is 0.0444. The zero-order chi connectivity index (χ0) is 11.5. The van der Waals surface area contributed by atoms with Crippen molar-refractivity contribution in [3.05, 3.63) is 23.5 Å². The molecule has 0 aliphatic rings. The van der Waals surface area contributed by atoms with Crippen LogP contribution in [0.5, 0.6) is 11.5 Å². The van der Waals surface area contributed by atoms with Crippen LogP contribution in [0.4, 0.5) is 0 Å². The monoisotopic (exact) mass is 240 g/mol. The second-order valence-electron chi connectivity index (χ2n) is 2.91. The van der Waals surface area contributed by atoms with Crippen LogP contribution in [-0.4, -0.2) is 24.4 Å². The number of rotatable bonds is 3. The third-order valence-corrected chi connectivity index (χ3v) is 2.20. The van der Waals surface area contributed by atoms with E-state index >= 15 is 0 Å². The average Bonchev–Trinajstić information content (AvgIpc) is 2.74. The van der Waals surface area contributed by atoms with Crippen LogP contribution in [0, 0.1) is 0 Å². The van der Waals surface area contributed by atoms with E-state index in [9.17, 15) is 0 Å². The average molecular weight is 241 g/mol. The Labute approximate surface area is 96.9 Å². The Balaban J connectivity index is 2.60. The molecule has 0 spiro atoms. The SMILES string of the molecule is COc1cccc(OC)c1-c1nc(Cl)no1. The third-order valence-electron chi connectivity index (χ3n) is 2.04. The highest BCUT2D eigenvalue weighted by molar-refractivity contribution is 6.28. The molecule has 1 aromatic heterocycles. The fourth-order valence-electron chi connectivity index (χ4n) is 1.37. The van der Waals surface area contributed by atoms with Gasteiger partial charge in [0, 0.05) is 0 Å². The molecule has 0 radical (unpaired) electrons. The van der Waals surface area contributed by atoms with E-state index in [1.165, 1.54) is 0 Å². The minimum Gasteiger partial charge on any atom is -0.496 e. The van der Waals surface area contributed by atoms with Crippen molar-refractivity contribution in [1.82, 2.24) is 10.1 Å². The largest absolute Gasteiger partial charge is 0.496 e. The summed E-state index contributed by atoms with van der Waals surface area (Å²) in [4.78, 5) is 3.93. The van der Waals surface area contributed by atoms with Gasteiger partial charge in [-0.25, -0.2) is 0 Å². The van der Waals surface area contributed by atoms with Gasteiger partial charge in [-0.05, 0) is 28.9 Å². The van der Waals surface area contributed by atoms with Gasteiger partial charge in [-0.15, -0.1) is 0 Å². The maximum Gasteiger partial charge on any atom is 0.266 e. The summed E-state index contributed by atoms with van der Waals surface area (Å²) < 4.78 is 15.4. The standard InChI is InChI=1S/C10H9ClN2O3/c1-14-6-4-3-5-7(15-2)8(6)9-12-10(11)13-16-9/h3-5H,1-2H3. The molecule has 1 heterocycles. The number of hydrogen-bond acceptors (Lipinski definition) is 5. The topological polar surface area (TPSA) is 57.4 Å². The molecule has 0 fully saturated rings. The summed E-state index contributed by atoms with van der Waals surface area (Å²) in [5.74, 6) is 1.43. The first-order valence-corrected chi connectivity index (χ1v) is 4.84. The molecule has 0 saturated heterocycles. The second kappa shape index (κ2) is 4.40. The maximum absolute atomic E-state index is 5.60. The highest BCUT2D eigenvalue weighted by Crippen LogP contribution is 2.37. The minimum atomic E-state index is 0.0444. The van der Waals surface area contributed by atoms with E-state index in [0.717, 1.165) is 0 Å². The molecule has 16 heavy (non-hydrogen) atoms. The first-order valence-electron chi connectivity index (χ1n) is 4.47. The molecule has 0 unspecified atom stereocenters. The summed E-state index contributed by atoms with van der Waals surface area (Å²) in [6.07, 6.45) is 0. The predicted molar refractivity (Wildman–Crippen MR) is 57.8 cm³/mol. The number of nitrogens with zero attached hydrogens (tertiary/aromatic N) is 2. The zero-order valence-electron chi connectivity index (χ0n) is 8.73. The first kappa shape index (κ1) is 10.8. The van der Waals surface area contributed by atoms with Gasteiger partial charge in [0.1, 0.15) is 17.1 Å². The third kappa shape index (κ3) is 1.81. The molecular formula is C10H9ClN2O3. The van der Waals surface area contributed by atoms with Gasteiger partial charge < -0.3 is 14.0 Å². The number of aromatic nitrogens is 2. The van der Waals surface area contributed by atoms with Crippen LogP contribution in [0.2, 0.25) is 5.28 Å². The molecule has 84 valence electrons. The number of ether oxygens (including phenoxy) is 2. The van der Waals surface area contributed by atoms with Gasteiger partial charge in [-0.3, -0.25) is 0 Å². The lowest BCUT2D eigenvalue weighted by Gasteiger charge is -2.08. The molecule has 0 saturated carbocycles. The van der Waals surface area contributed by atoms with Crippen molar-refractivity contribution in [2.24, 2.45) is 0 Å². The van der Waals surface area contributed by atoms with Gasteiger partial charge in [-0.1, -0.05) is 6.07 Å². The Bertz CT molecular complexity index is 476. The predicted octanol–water partition coefficient (Wildman–Crippen LogP) is 2.41. The van der Waals surface area contributed by atoms with Gasteiger partial charge in [0.15, 0.2) is 0 Å². The van der Waals surface area contributed by atoms with Crippen molar-refractivity contribution in [3.63, 3.8) is 0 Å². The van der Waals surface area contributed by atoms with Crippen molar-refractivity contribution in [2.45, 2.75) is 0 Å². The van der Waals surface area contributed by atoms with Crippen molar-refractivity contribution < 1.29 is 14.0 Å². The van der Waals surface area contributed by atoms with Gasteiger partial charge in [-0.2, -0.15) is 4.98 Å². The summed E-state index contributed by atoms with van der Waals surface area (Å²) in [6.45, 7) is 0. The molecule has 2 aromatic rings. The quantitative estimate of drug-likeness (QED) is 0.825. The van der Waals surface area contributed by atoms with Crippen LogP contribution in [0.25, 0.3) is 11.5 Å². The van der Waals surface area contributed by atoms with Crippen LogP contribution in [-0.2, 0) is 0 Å². The van der Waals surface area contributed by atoms with Crippen molar-refractivity contribution in [1.29, 1.82) is 0 Å². The first-order chi connectivity index (χ1) is 7.76. The van der Waals surface area contributed by atoms with Gasteiger partial charge in [0.05, 0.1) is 14.2 Å². The number of halogens is 1. The molecule has 6 heteroatoms. The highest BCUT2D eigenvalue weighted by atomic mass is 35.5. The smallest absolute Gasteiger partial charge is 0.266 e. The van der Waals surface area contributed by atoms with Crippen molar-refractivity contribution >= 4 is 11.6 Å². The Morgan fingerprint density at radius 3 is 2.25 bits per heavy atom. The lowest BCUT2D eigenvalue weighted by molar-refractivity contribution is 0.385. The Hall–Kier alpha value is -1.75. The summed E-state index contributed by atoms with van der Waals surface area (Å²) >= 11 is 5.60. The van der Waals surface area contributed by atoms with E-state index in [4.69, 9.17) is 25.6 Å². The lowest BCUT2D eigenvalue weighted by atomic mass is 10.1. The van der Waals surface area contributed by atoms with Gasteiger partial charge in [0.25, 0.3) is 11.2 Å². The van der Waals surface area contributed by atoms with E-state index in [2.05, 4.69) is 10.1 Å². The molecular weight excluding hydrogens is 232 g/mol. The van der Waals surface area contributed by atoms with Crippen LogP contribution < -0.4 is 9.47 Å². The fourth-order valence-corrected chi connectivity index (χ4v) is 1.48. The Morgan fingerprint density at radius 1 is 1.19 bits per heavy atom. The molecule has 0 bridgehead atoms. The fraction of sp³-hybridized carbons (Fsp3) is 0.200. The molecule has 0 amide bonds. The molecule has 0 aliphatic carbocycles. The number of benzene rings is 1. The van der Waals surface area contributed by atoms with Gasteiger partial charge >= 0.3 is 0 Å². The number of methoxy groups -OCH3 is 2. The zero-order valence-corrected chi connectivity index (χ0v) is 9.49. The summed E-state index contributed by atoms with van der Waals surface area (Å²) in [7, 11) is 3.10. The molecule has 5 nitrogen and oxygen atoms in total. The summed E-state index contributed by atoms with van der Waals surface area (Å²) in [6, 6.07) is 5.35. The van der Waals surface area contributed by atoms with Crippen LogP contribution in [0.3, 0.4) is 0 Å². The molecule has 0 atom stereocenters.